The van der Waals surface area contributed by atoms with Crippen LogP contribution in [0.4, 0.5) is 0 Å². The Morgan fingerprint density at radius 3 is 3.14 bits per heavy atom. The molecule has 0 aromatic carbocycles. The van der Waals surface area contributed by atoms with E-state index in [-0.39, 0.29) is 6.10 Å². The summed E-state index contributed by atoms with van der Waals surface area (Å²) in [6, 6.07) is 4.20. The van der Waals surface area contributed by atoms with Crippen molar-refractivity contribution in [3.8, 4) is 0 Å². The highest BCUT2D eigenvalue weighted by molar-refractivity contribution is 6.48. The van der Waals surface area contributed by atoms with Crippen LogP contribution in [0.2, 0.25) is 11.6 Å². The fourth-order valence-electron chi connectivity index (χ4n) is 2.03. The predicted molar refractivity (Wildman–Crippen MR) is 58.5 cm³/mol. The van der Waals surface area contributed by atoms with Crippen LogP contribution in [-0.4, -0.2) is 19.5 Å². The molecular formula is C11H16AlNO. The molecule has 74 valence electrons. The molecule has 2 nitrogen and oxygen atoms in total. The van der Waals surface area contributed by atoms with Gasteiger partial charge in [-0.25, -0.2) is 0 Å². The summed E-state index contributed by atoms with van der Waals surface area (Å²) in [5.74, 6) is 4.44. The molecule has 1 unspecified atom stereocenters. The molecule has 0 amide bonds. The first-order valence-corrected chi connectivity index (χ1v) is 8.14. The topological polar surface area (TPSA) is 22.1 Å². The highest BCUT2D eigenvalue weighted by Crippen LogP contribution is 2.30. The smallest absolute Gasteiger partial charge is 0.454 e. The van der Waals surface area contributed by atoms with Gasteiger partial charge in [0.15, 0.2) is 0 Å². The Balaban J connectivity index is 2.22. The summed E-state index contributed by atoms with van der Waals surface area (Å²) >= 11 is -0.943. The minimum atomic E-state index is -0.943. The van der Waals surface area contributed by atoms with Crippen molar-refractivity contribution in [1.82, 2.24) is 4.98 Å². The third-order valence-electron chi connectivity index (χ3n) is 2.58. The molecule has 0 radical (unpaired) electrons. The predicted octanol–water partition coefficient (Wildman–Crippen LogP) is 2.73. The van der Waals surface area contributed by atoms with Crippen molar-refractivity contribution in [3.63, 3.8) is 0 Å². The van der Waals surface area contributed by atoms with Crippen LogP contribution < -0.4 is 0 Å². The van der Waals surface area contributed by atoms with E-state index in [2.05, 4.69) is 22.6 Å². The van der Waals surface area contributed by atoms with Gasteiger partial charge in [0.25, 0.3) is 0 Å². The molecule has 1 aromatic heterocycles. The molecule has 0 bridgehead atoms. The maximum absolute atomic E-state index is 5.99. The lowest BCUT2D eigenvalue weighted by atomic mass is 9.94. The number of aryl methyl sites for hydroxylation is 1. The molecule has 2 rings (SSSR count). The van der Waals surface area contributed by atoms with Crippen molar-refractivity contribution in [2.24, 2.45) is 0 Å². The first-order chi connectivity index (χ1) is 6.77. The second kappa shape index (κ2) is 4.44. The molecule has 1 heterocycles. The van der Waals surface area contributed by atoms with Crippen molar-refractivity contribution in [1.29, 1.82) is 0 Å². The quantitative estimate of drug-likeness (QED) is 0.692. The molecule has 3 heteroatoms. The lowest BCUT2D eigenvalue weighted by Crippen LogP contribution is -2.19. The third-order valence-corrected chi connectivity index (χ3v) is 3.45. The van der Waals surface area contributed by atoms with Crippen LogP contribution in [0.25, 0.3) is 0 Å². The SMILES string of the molecule is [CH3][Al]([CH3])[O]C1CCCc2cccnc21. The van der Waals surface area contributed by atoms with E-state index in [0.717, 1.165) is 6.42 Å². The number of aromatic nitrogens is 1. The van der Waals surface area contributed by atoms with Crippen LogP contribution in [0.3, 0.4) is 0 Å². The Kier molecular flexibility index (Phi) is 3.23. The summed E-state index contributed by atoms with van der Waals surface area (Å²) < 4.78 is 5.99. The Hall–Kier alpha value is -0.358. The van der Waals surface area contributed by atoms with E-state index in [0.29, 0.717) is 0 Å². The Bertz CT molecular complexity index is 314. The first kappa shape index (κ1) is 10.2. The van der Waals surface area contributed by atoms with Gasteiger partial charge in [-0.15, -0.1) is 0 Å². The van der Waals surface area contributed by atoms with E-state index < -0.39 is 14.5 Å². The molecular weight excluding hydrogens is 189 g/mol. The monoisotopic (exact) mass is 205 g/mol. The standard InChI is InChI=1S/C9H10NO.2CH3.Al/c11-8-5-1-3-7-4-2-6-10-9(7)8;;;/h2,4,6,8H,1,3,5H2;2*1H3;/q-1;;;+1. The van der Waals surface area contributed by atoms with Crippen LogP contribution in [0.15, 0.2) is 18.3 Å². The summed E-state index contributed by atoms with van der Waals surface area (Å²) in [6.07, 6.45) is 5.72. The van der Waals surface area contributed by atoms with Crippen LogP contribution >= 0.6 is 0 Å². The number of fused-ring (bicyclic) bond motifs is 1. The van der Waals surface area contributed by atoms with Gasteiger partial charge in [0.05, 0.1) is 11.8 Å². The second-order valence-corrected chi connectivity index (χ2v) is 6.48. The highest BCUT2D eigenvalue weighted by Gasteiger charge is 2.23. The zero-order chi connectivity index (χ0) is 9.97. The lowest BCUT2D eigenvalue weighted by molar-refractivity contribution is 0.180. The van der Waals surface area contributed by atoms with Gasteiger partial charge >= 0.3 is 14.5 Å². The molecule has 1 aliphatic rings. The number of hydrogen-bond donors (Lipinski definition) is 0. The van der Waals surface area contributed by atoms with Crippen LogP contribution in [0, 0.1) is 0 Å². The largest absolute Gasteiger partial charge is 0.494 e. The van der Waals surface area contributed by atoms with E-state index in [1.54, 1.807) is 0 Å². The Morgan fingerprint density at radius 1 is 1.50 bits per heavy atom. The minimum Gasteiger partial charge on any atom is -0.494 e. The molecule has 1 atom stereocenters. The summed E-state index contributed by atoms with van der Waals surface area (Å²) in [6.45, 7) is 0. The minimum absolute atomic E-state index is 0.284. The average molecular weight is 205 g/mol. The molecule has 0 aliphatic heterocycles. The van der Waals surface area contributed by atoms with E-state index in [1.807, 2.05) is 12.3 Å². The summed E-state index contributed by atoms with van der Waals surface area (Å²) in [5.41, 5.74) is 2.58. The zero-order valence-electron chi connectivity index (χ0n) is 8.86. The van der Waals surface area contributed by atoms with Gasteiger partial charge in [-0.05, 0) is 30.9 Å². The van der Waals surface area contributed by atoms with Crippen LogP contribution in [0.1, 0.15) is 30.2 Å². The number of pyridine rings is 1. The molecule has 0 saturated heterocycles. The maximum Gasteiger partial charge on any atom is 0.454 e. The van der Waals surface area contributed by atoms with E-state index in [4.69, 9.17) is 3.79 Å². The van der Waals surface area contributed by atoms with Gasteiger partial charge in [0, 0.05) is 6.20 Å². The maximum atomic E-state index is 5.99. The van der Waals surface area contributed by atoms with Crippen LogP contribution in [0.5, 0.6) is 0 Å². The van der Waals surface area contributed by atoms with Gasteiger partial charge in [0.2, 0.25) is 0 Å². The molecule has 0 spiro atoms. The van der Waals surface area contributed by atoms with E-state index >= 15 is 0 Å². The van der Waals surface area contributed by atoms with Gasteiger partial charge in [-0.2, -0.15) is 0 Å². The van der Waals surface area contributed by atoms with Crippen LogP contribution in [-0.2, 0) is 10.2 Å². The van der Waals surface area contributed by atoms with E-state index in [9.17, 15) is 0 Å². The van der Waals surface area contributed by atoms with Crippen molar-refractivity contribution >= 4 is 14.5 Å². The van der Waals surface area contributed by atoms with Gasteiger partial charge in [-0.3, -0.25) is 4.98 Å². The average Bonchev–Trinajstić information content (AvgIpc) is 2.18. The number of rotatable bonds is 2. The molecule has 14 heavy (non-hydrogen) atoms. The third kappa shape index (κ3) is 2.17. The molecule has 0 fully saturated rings. The fraction of sp³-hybridized carbons (Fsp3) is 0.545. The van der Waals surface area contributed by atoms with Crippen molar-refractivity contribution < 1.29 is 3.79 Å². The molecule has 0 N–H and O–H groups in total. The van der Waals surface area contributed by atoms with Crippen molar-refractivity contribution in [2.75, 3.05) is 0 Å². The molecule has 0 saturated carbocycles. The lowest BCUT2D eigenvalue weighted by Gasteiger charge is -2.26. The van der Waals surface area contributed by atoms with Gasteiger partial charge < -0.3 is 3.79 Å². The Labute approximate surface area is 90.0 Å². The normalized spacial score (nSPS) is 20.3. The highest BCUT2D eigenvalue weighted by atomic mass is 27.2. The fourth-order valence-corrected chi connectivity index (χ4v) is 2.95. The van der Waals surface area contributed by atoms with Crippen molar-refractivity contribution in [2.45, 2.75) is 36.9 Å². The number of nitrogens with zero attached hydrogens (tertiary/aromatic N) is 1. The van der Waals surface area contributed by atoms with Gasteiger partial charge in [0.1, 0.15) is 0 Å². The van der Waals surface area contributed by atoms with E-state index in [1.165, 1.54) is 24.1 Å². The summed E-state index contributed by atoms with van der Waals surface area (Å²) in [5, 5.41) is 0. The molecule has 1 aromatic rings. The molecule has 1 aliphatic carbocycles. The summed E-state index contributed by atoms with van der Waals surface area (Å²) in [4.78, 5) is 4.45. The number of hydrogen-bond acceptors (Lipinski definition) is 2. The Morgan fingerprint density at radius 2 is 2.36 bits per heavy atom. The van der Waals surface area contributed by atoms with Crippen molar-refractivity contribution in [3.05, 3.63) is 29.6 Å². The summed E-state index contributed by atoms with van der Waals surface area (Å²) in [7, 11) is 0. The zero-order valence-corrected chi connectivity index (χ0v) is 10.0. The first-order valence-electron chi connectivity index (χ1n) is 5.36. The second-order valence-electron chi connectivity index (χ2n) is 4.11. The van der Waals surface area contributed by atoms with Gasteiger partial charge in [-0.1, -0.05) is 17.6 Å².